The molecular weight excluding hydrogens is 178 g/mol. The van der Waals surface area contributed by atoms with E-state index < -0.39 is 0 Å². The molecule has 0 saturated carbocycles. The molecule has 1 aromatic heterocycles. The maximum absolute atomic E-state index is 5.66. The van der Waals surface area contributed by atoms with Crippen LogP contribution < -0.4 is 5.32 Å². The number of fused-ring (bicyclic) bond motifs is 2. The highest BCUT2D eigenvalue weighted by molar-refractivity contribution is 5.28. The molecule has 0 amide bonds. The molecule has 0 unspecified atom stereocenters. The minimum absolute atomic E-state index is 0.0203. The molecule has 2 N–H and O–H groups in total. The summed E-state index contributed by atoms with van der Waals surface area (Å²) in [5.74, 6) is 0. The predicted octanol–water partition coefficient (Wildman–Crippen LogP) is 0.559. The van der Waals surface area contributed by atoms with Gasteiger partial charge in [0.2, 0.25) is 0 Å². The lowest BCUT2D eigenvalue weighted by atomic mass is 9.84. The Morgan fingerprint density at radius 3 is 3.36 bits per heavy atom. The molecule has 1 saturated heterocycles. The van der Waals surface area contributed by atoms with Gasteiger partial charge in [0, 0.05) is 25.3 Å². The number of hydrogen-bond acceptors (Lipinski definition) is 3. The summed E-state index contributed by atoms with van der Waals surface area (Å²) >= 11 is 0. The van der Waals surface area contributed by atoms with Crippen molar-refractivity contribution in [1.82, 2.24) is 15.3 Å². The zero-order valence-corrected chi connectivity index (χ0v) is 8.34. The Labute approximate surface area is 83.1 Å². The first-order valence-corrected chi connectivity index (χ1v) is 5.22. The van der Waals surface area contributed by atoms with Gasteiger partial charge in [0.25, 0.3) is 0 Å². The number of imidazole rings is 1. The van der Waals surface area contributed by atoms with E-state index in [9.17, 15) is 0 Å². The molecule has 2 atom stereocenters. The average Bonchev–Trinajstić information content (AvgIpc) is 2.76. The third-order valence-corrected chi connectivity index (χ3v) is 3.51. The molecule has 2 aliphatic rings. The van der Waals surface area contributed by atoms with E-state index in [1.54, 1.807) is 6.33 Å². The first-order valence-electron chi connectivity index (χ1n) is 5.22. The zero-order valence-electron chi connectivity index (χ0n) is 8.34. The predicted molar refractivity (Wildman–Crippen MR) is 52.0 cm³/mol. The van der Waals surface area contributed by atoms with Gasteiger partial charge in [0.15, 0.2) is 0 Å². The van der Waals surface area contributed by atoms with Crippen molar-refractivity contribution in [3.05, 3.63) is 17.7 Å². The van der Waals surface area contributed by atoms with E-state index in [1.165, 1.54) is 11.4 Å². The van der Waals surface area contributed by atoms with E-state index in [2.05, 4.69) is 22.2 Å². The lowest BCUT2D eigenvalue weighted by Gasteiger charge is -2.36. The maximum atomic E-state index is 5.66. The van der Waals surface area contributed by atoms with Crippen LogP contribution in [0.15, 0.2) is 6.33 Å². The topological polar surface area (TPSA) is 49.9 Å². The third-order valence-electron chi connectivity index (χ3n) is 3.51. The number of nitrogens with one attached hydrogen (secondary N) is 2. The highest BCUT2D eigenvalue weighted by Gasteiger charge is 2.47. The van der Waals surface area contributed by atoms with Crippen molar-refractivity contribution in [3.63, 3.8) is 0 Å². The summed E-state index contributed by atoms with van der Waals surface area (Å²) in [5, 5.41) is 3.58. The Bertz CT molecular complexity index is 349. The molecule has 1 fully saturated rings. The standard InChI is InChI=1S/C10H15N3O/c1-7-10(3-5-14-7)9-8(2-4-13-10)11-6-12-9/h6-7,13H,2-5H2,1H3,(H,11,12)/t7-,10-/m0/s1. The lowest BCUT2D eigenvalue weighted by molar-refractivity contribution is 0.0780. The van der Waals surface area contributed by atoms with Crippen LogP contribution in [0.4, 0.5) is 0 Å². The zero-order chi connectivity index (χ0) is 9.60. The van der Waals surface area contributed by atoms with Crippen molar-refractivity contribution in [2.24, 2.45) is 0 Å². The molecule has 0 aliphatic carbocycles. The Morgan fingerprint density at radius 1 is 1.64 bits per heavy atom. The van der Waals surface area contributed by atoms with Crippen molar-refractivity contribution < 1.29 is 4.74 Å². The fraction of sp³-hybridized carbons (Fsp3) is 0.700. The number of ether oxygens (including phenoxy) is 1. The first kappa shape index (κ1) is 8.44. The van der Waals surface area contributed by atoms with Gasteiger partial charge in [-0.25, -0.2) is 4.98 Å². The molecule has 76 valence electrons. The van der Waals surface area contributed by atoms with Crippen LogP contribution in [0.2, 0.25) is 0 Å². The number of aromatic amines is 1. The van der Waals surface area contributed by atoms with E-state index in [1.807, 2.05) is 0 Å². The van der Waals surface area contributed by atoms with E-state index >= 15 is 0 Å². The molecule has 2 aliphatic heterocycles. The molecule has 1 spiro atoms. The Morgan fingerprint density at radius 2 is 2.57 bits per heavy atom. The molecule has 1 aromatic rings. The van der Waals surface area contributed by atoms with Gasteiger partial charge < -0.3 is 15.0 Å². The van der Waals surface area contributed by atoms with Gasteiger partial charge in [0.1, 0.15) is 0 Å². The molecule has 14 heavy (non-hydrogen) atoms. The second kappa shape index (κ2) is 2.81. The molecular formula is C10H15N3O. The lowest BCUT2D eigenvalue weighted by Crippen LogP contribution is -2.51. The molecule has 4 nitrogen and oxygen atoms in total. The Balaban J connectivity index is 2.10. The van der Waals surface area contributed by atoms with Crippen LogP contribution in [-0.4, -0.2) is 29.2 Å². The minimum Gasteiger partial charge on any atom is -0.376 e. The summed E-state index contributed by atoms with van der Waals surface area (Å²) in [6.07, 6.45) is 4.10. The number of nitrogens with zero attached hydrogens (tertiary/aromatic N) is 1. The van der Waals surface area contributed by atoms with Crippen molar-refractivity contribution in [1.29, 1.82) is 0 Å². The third kappa shape index (κ3) is 0.925. The van der Waals surface area contributed by atoms with Crippen LogP contribution in [0, 0.1) is 0 Å². The van der Waals surface area contributed by atoms with E-state index in [0.29, 0.717) is 0 Å². The van der Waals surface area contributed by atoms with Crippen molar-refractivity contribution in [2.75, 3.05) is 13.2 Å². The van der Waals surface area contributed by atoms with Gasteiger partial charge in [-0.05, 0) is 13.3 Å². The number of hydrogen-bond donors (Lipinski definition) is 2. The van der Waals surface area contributed by atoms with Crippen LogP contribution in [-0.2, 0) is 16.7 Å². The van der Waals surface area contributed by atoms with Gasteiger partial charge in [-0.15, -0.1) is 0 Å². The highest BCUT2D eigenvalue weighted by Crippen LogP contribution is 2.38. The van der Waals surface area contributed by atoms with Crippen LogP contribution >= 0.6 is 0 Å². The molecule has 4 heteroatoms. The monoisotopic (exact) mass is 193 g/mol. The number of H-pyrrole nitrogens is 1. The molecule has 0 bridgehead atoms. The smallest absolute Gasteiger partial charge is 0.0926 e. The first-order chi connectivity index (χ1) is 6.83. The van der Waals surface area contributed by atoms with Crippen molar-refractivity contribution in [2.45, 2.75) is 31.4 Å². The molecule has 3 heterocycles. The maximum Gasteiger partial charge on any atom is 0.0926 e. The van der Waals surface area contributed by atoms with Gasteiger partial charge in [-0.3, -0.25) is 0 Å². The SMILES string of the molecule is C[C@@H]1OCC[C@]12NCCc1[nH]cnc12. The average molecular weight is 193 g/mol. The fourth-order valence-corrected chi connectivity index (χ4v) is 2.68. The van der Waals surface area contributed by atoms with Gasteiger partial charge >= 0.3 is 0 Å². The summed E-state index contributed by atoms with van der Waals surface area (Å²) in [6.45, 7) is 3.98. The number of rotatable bonds is 0. The van der Waals surface area contributed by atoms with Gasteiger partial charge in [-0.2, -0.15) is 0 Å². The molecule has 3 rings (SSSR count). The summed E-state index contributed by atoms with van der Waals surface area (Å²) < 4.78 is 5.66. The summed E-state index contributed by atoms with van der Waals surface area (Å²) in [6, 6.07) is 0. The number of aromatic nitrogens is 2. The highest BCUT2D eigenvalue weighted by atomic mass is 16.5. The molecule has 0 radical (unpaired) electrons. The summed E-state index contributed by atoms with van der Waals surface area (Å²) in [5.41, 5.74) is 2.43. The fourth-order valence-electron chi connectivity index (χ4n) is 2.68. The van der Waals surface area contributed by atoms with E-state index in [4.69, 9.17) is 4.74 Å². The summed E-state index contributed by atoms with van der Waals surface area (Å²) in [4.78, 5) is 7.67. The minimum atomic E-state index is -0.0203. The molecule has 0 aromatic carbocycles. The largest absolute Gasteiger partial charge is 0.376 e. The Hall–Kier alpha value is -0.870. The van der Waals surface area contributed by atoms with Crippen molar-refractivity contribution >= 4 is 0 Å². The van der Waals surface area contributed by atoms with E-state index in [0.717, 1.165) is 26.0 Å². The summed E-state index contributed by atoms with van der Waals surface area (Å²) in [7, 11) is 0. The second-order valence-corrected chi connectivity index (χ2v) is 4.14. The quantitative estimate of drug-likeness (QED) is 0.633. The van der Waals surface area contributed by atoms with E-state index in [-0.39, 0.29) is 11.6 Å². The van der Waals surface area contributed by atoms with Crippen LogP contribution in [0.3, 0.4) is 0 Å². The van der Waals surface area contributed by atoms with Crippen molar-refractivity contribution in [3.8, 4) is 0 Å². The van der Waals surface area contributed by atoms with Gasteiger partial charge in [-0.1, -0.05) is 0 Å². The second-order valence-electron chi connectivity index (χ2n) is 4.14. The van der Waals surface area contributed by atoms with Gasteiger partial charge in [0.05, 0.1) is 23.7 Å². The Kier molecular flexibility index (Phi) is 1.69. The van der Waals surface area contributed by atoms with Crippen LogP contribution in [0.5, 0.6) is 0 Å². The van der Waals surface area contributed by atoms with Crippen LogP contribution in [0.1, 0.15) is 24.7 Å². The van der Waals surface area contributed by atoms with Crippen LogP contribution in [0.25, 0.3) is 0 Å². The normalized spacial score (nSPS) is 36.2.